The summed E-state index contributed by atoms with van der Waals surface area (Å²) >= 11 is 6.08. The van der Waals surface area contributed by atoms with Gasteiger partial charge in [0, 0.05) is 17.0 Å². The first kappa shape index (κ1) is 26.6. The molecule has 0 aliphatic carbocycles. The Balaban J connectivity index is 1.98. The Hall–Kier alpha value is -2.69. The van der Waals surface area contributed by atoms with Crippen LogP contribution in [-0.4, -0.2) is 70.5 Å². The SMILES string of the molecule is CC(C)(COCc1ccc(O)cc1Cl)[C@H](N)C(=O)N1CCC[C@H]1C(=O)N[C@H](C=O)CC(=O)O. The van der Waals surface area contributed by atoms with Crippen molar-refractivity contribution in [1.29, 1.82) is 0 Å². The molecule has 3 atom stereocenters. The number of carbonyl (C=O) groups is 4. The van der Waals surface area contributed by atoms with Gasteiger partial charge in [-0.2, -0.15) is 0 Å². The van der Waals surface area contributed by atoms with Crippen molar-refractivity contribution in [2.24, 2.45) is 11.1 Å². The van der Waals surface area contributed by atoms with Gasteiger partial charge in [-0.3, -0.25) is 14.4 Å². The van der Waals surface area contributed by atoms with Gasteiger partial charge in [0.1, 0.15) is 18.1 Å². The van der Waals surface area contributed by atoms with E-state index < -0.39 is 47.7 Å². The van der Waals surface area contributed by atoms with Crippen LogP contribution in [0.15, 0.2) is 18.2 Å². The maximum Gasteiger partial charge on any atom is 0.305 e. The molecule has 1 aliphatic rings. The second kappa shape index (κ2) is 11.4. The van der Waals surface area contributed by atoms with E-state index in [9.17, 15) is 24.3 Å². The average molecular weight is 484 g/mol. The van der Waals surface area contributed by atoms with E-state index in [1.165, 1.54) is 17.0 Å². The van der Waals surface area contributed by atoms with Crippen LogP contribution in [0.3, 0.4) is 0 Å². The summed E-state index contributed by atoms with van der Waals surface area (Å²) in [4.78, 5) is 49.0. The Labute approximate surface area is 197 Å². The number of likely N-dealkylation sites (tertiary alicyclic amines) is 1. The van der Waals surface area contributed by atoms with Crippen LogP contribution in [0.25, 0.3) is 0 Å². The predicted molar refractivity (Wildman–Crippen MR) is 120 cm³/mol. The first-order valence-electron chi connectivity index (χ1n) is 10.5. The van der Waals surface area contributed by atoms with E-state index in [1.807, 2.05) is 0 Å². The zero-order valence-electron chi connectivity index (χ0n) is 18.6. The summed E-state index contributed by atoms with van der Waals surface area (Å²) in [6, 6.07) is 1.58. The number of aldehydes is 1. The molecule has 1 aliphatic heterocycles. The summed E-state index contributed by atoms with van der Waals surface area (Å²) in [7, 11) is 0. The highest BCUT2D eigenvalue weighted by Crippen LogP contribution is 2.27. The molecule has 10 nitrogen and oxygen atoms in total. The number of benzene rings is 1. The summed E-state index contributed by atoms with van der Waals surface area (Å²) in [6.07, 6.45) is 0.793. The van der Waals surface area contributed by atoms with Gasteiger partial charge in [-0.1, -0.05) is 31.5 Å². The quantitative estimate of drug-likeness (QED) is 0.340. The lowest BCUT2D eigenvalue weighted by atomic mass is 9.84. The van der Waals surface area contributed by atoms with Crippen LogP contribution in [0.1, 0.15) is 38.7 Å². The Morgan fingerprint density at radius 2 is 2.09 bits per heavy atom. The summed E-state index contributed by atoms with van der Waals surface area (Å²) < 4.78 is 5.73. The highest BCUT2D eigenvalue weighted by molar-refractivity contribution is 6.31. The third kappa shape index (κ3) is 7.15. The molecule has 33 heavy (non-hydrogen) atoms. The maximum atomic E-state index is 13.1. The molecule has 2 rings (SSSR count). The fourth-order valence-electron chi connectivity index (χ4n) is 3.58. The van der Waals surface area contributed by atoms with Gasteiger partial charge in [-0.05, 0) is 30.5 Å². The van der Waals surface area contributed by atoms with E-state index in [4.69, 9.17) is 27.2 Å². The van der Waals surface area contributed by atoms with Crippen molar-refractivity contribution in [3.8, 4) is 5.75 Å². The number of halogens is 1. The first-order chi connectivity index (χ1) is 15.5. The molecule has 182 valence electrons. The normalized spacial score (nSPS) is 17.9. The molecule has 0 unspecified atom stereocenters. The van der Waals surface area contributed by atoms with Crippen molar-refractivity contribution in [3.63, 3.8) is 0 Å². The number of aliphatic carboxylic acids is 1. The number of phenols is 1. The summed E-state index contributed by atoms with van der Waals surface area (Å²) in [5.41, 5.74) is 6.16. The van der Waals surface area contributed by atoms with Crippen LogP contribution in [0.2, 0.25) is 5.02 Å². The van der Waals surface area contributed by atoms with Gasteiger partial charge in [0.15, 0.2) is 0 Å². The van der Waals surface area contributed by atoms with Crippen molar-refractivity contribution < 1.29 is 34.1 Å². The largest absolute Gasteiger partial charge is 0.508 e. The number of nitrogens with one attached hydrogen (secondary N) is 1. The van der Waals surface area contributed by atoms with Crippen LogP contribution in [0.4, 0.5) is 0 Å². The summed E-state index contributed by atoms with van der Waals surface area (Å²) in [6.45, 7) is 4.17. The standard InChI is InChI=1S/C22H30ClN3O7/c1-22(2,12-33-11-13-5-6-15(28)9-16(13)23)19(24)21(32)26-7-3-4-17(26)20(31)25-14(10-27)8-18(29)30/h5-6,9-10,14,17,19,28H,3-4,7-8,11-12,24H2,1-2H3,(H,25,31)(H,29,30)/t14-,17-,19+/m0/s1. The minimum absolute atomic E-state index is 0.0447. The second-order valence-electron chi connectivity index (χ2n) is 8.77. The van der Waals surface area contributed by atoms with E-state index in [1.54, 1.807) is 19.9 Å². The average Bonchev–Trinajstić information content (AvgIpc) is 3.23. The Morgan fingerprint density at radius 3 is 2.70 bits per heavy atom. The fourth-order valence-corrected chi connectivity index (χ4v) is 3.81. The van der Waals surface area contributed by atoms with Gasteiger partial charge in [0.25, 0.3) is 0 Å². The molecule has 0 bridgehead atoms. The number of rotatable bonds is 11. The lowest BCUT2D eigenvalue weighted by Crippen LogP contribution is -2.57. The fraction of sp³-hybridized carbons (Fsp3) is 0.545. The number of nitrogens with two attached hydrogens (primary N) is 1. The molecule has 1 saturated heterocycles. The maximum absolute atomic E-state index is 13.1. The second-order valence-corrected chi connectivity index (χ2v) is 9.18. The van der Waals surface area contributed by atoms with Crippen LogP contribution in [0, 0.1) is 5.41 Å². The minimum atomic E-state index is -1.22. The number of carboxylic acids is 1. The van der Waals surface area contributed by atoms with Gasteiger partial charge in [0.2, 0.25) is 11.8 Å². The van der Waals surface area contributed by atoms with Crippen molar-refractivity contribution >= 4 is 35.7 Å². The summed E-state index contributed by atoms with van der Waals surface area (Å²) in [5, 5.41) is 21.0. The third-order valence-electron chi connectivity index (χ3n) is 5.60. The molecular weight excluding hydrogens is 454 g/mol. The lowest BCUT2D eigenvalue weighted by Gasteiger charge is -2.35. The highest BCUT2D eigenvalue weighted by Gasteiger charge is 2.41. The van der Waals surface area contributed by atoms with E-state index in [2.05, 4.69) is 5.32 Å². The molecule has 0 aromatic heterocycles. The van der Waals surface area contributed by atoms with Crippen molar-refractivity contribution in [3.05, 3.63) is 28.8 Å². The molecule has 1 fully saturated rings. The van der Waals surface area contributed by atoms with E-state index in [0.717, 1.165) is 0 Å². The number of ether oxygens (including phenoxy) is 1. The third-order valence-corrected chi connectivity index (χ3v) is 5.95. The number of hydrogen-bond donors (Lipinski definition) is 4. The smallest absolute Gasteiger partial charge is 0.305 e. The monoisotopic (exact) mass is 483 g/mol. The molecule has 0 spiro atoms. The van der Waals surface area contributed by atoms with Crippen LogP contribution in [0.5, 0.6) is 5.75 Å². The van der Waals surface area contributed by atoms with Gasteiger partial charge in [-0.15, -0.1) is 0 Å². The van der Waals surface area contributed by atoms with Crippen molar-refractivity contribution in [1.82, 2.24) is 10.2 Å². The zero-order chi connectivity index (χ0) is 24.8. The van der Waals surface area contributed by atoms with Crippen LogP contribution >= 0.6 is 11.6 Å². The van der Waals surface area contributed by atoms with Gasteiger partial charge in [-0.25, -0.2) is 0 Å². The Bertz CT molecular complexity index is 893. The van der Waals surface area contributed by atoms with Gasteiger partial charge < -0.3 is 35.7 Å². The molecule has 1 aromatic carbocycles. The molecule has 1 heterocycles. The van der Waals surface area contributed by atoms with Crippen LogP contribution < -0.4 is 11.1 Å². The number of hydrogen-bond acceptors (Lipinski definition) is 7. The number of aromatic hydroxyl groups is 1. The van der Waals surface area contributed by atoms with E-state index >= 15 is 0 Å². The minimum Gasteiger partial charge on any atom is -0.508 e. The first-order valence-corrected chi connectivity index (χ1v) is 10.9. The molecule has 2 amide bonds. The summed E-state index contributed by atoms with van der Waals surface area (Å²) in [5.74, 6) is -2.18. The lowest BCUT2D eigenvalue weighted by molar-refractivity contribution is -0.143. The molecule has 11 heteroatoms. The molecule has 1 aromatic rings. The zero-order valence-corrected chi connectivity index (χ0v) is 19.4. The predicted octanol–water partition coefficient (Wildman–Crippen LogP) is 1.07. The molecule has 0 saturated carbocycles. The van der Waals surface area contributed by atoms with Crippen molar-refractivity contribution in [2.75, 3.05) is 13.2 Å². The number of nitrogens with zero attached hydrogens (tertiary/aromatic N) is 1. The van der Waals surface area contributed by atoms with Gasteiger partial charge >= 0.3 is 5.97 Å². The topological polar surface area (TPSA) is 159 Å². The number of phenolic OH excluding ortho intramolecular Hbond substituents is 1. The highest BCUT2D eigenvalue weighted by atomic mass is 35.5. The van der Waals surface area contributed by atoms with E-state index in [-0.39, 0.29) is 19.0 Å². The van der Waals surface area contributed by atoms with Crippen LogP contribution in [-0.2, 0) is 30.5 Å². The molecular formula is C22H30ClN3O7. The number of carboxylic acid groups (broad SMARTS) is 1. The van der Waals surface area contributed by atoms with Crippen molar-refractivity contribution in [2.45, 2.75) is 57.8 Å². The van der Waals surface area contributed by atoms with Gasteiger partial charge in [0.05, 0.1) is 31.7 Å². The van der Waals surface area contributed by atoms with E-state index in [0.29, 0.717) is 36.3 Å². The molecule has 5 N–H and O–H groups in total. The Kier molecular flexibility index (Phi) is 9.21. The Morgan fingerprint density at radius 1 is 1.39 bits per heavy atom. The molecule has 0 radical (unpaired) electrons. The number of carbonyl (C=O) groups excluding carboxylic acids is 3. The number of amides is 2.